The Morgan fingerprint density at radius 2 is 2.09 bits per heavy atom. The quantitative estimate of drug-likeness (QED) is 0.794. The van der Waals surface area contributed by atoms with Gasteiger partial charge < -0.3 is 9.64 Å². The molecule has 1 saturated carbocycles. The molecule has 1 aliphatic carbocycles. The number of ether oxygens (including phenoxy) is 1. The molecule has 8 heteroatoms. The number of carbonyl (C=O) groups is 1. The number of halogens is 3. The normalized spacial score (nSPS) is 24.1. The van der Waals surface area contributed by atoms with Gasteiger partial charge in [-0.2, -0.15) is 0 Å². The predicted molar refractivity (Wildman–Crippen MR) is 82.2 cm³/mol. The summed E-state index contributed by atoms with van der Waals surface area (Å²) < 4.78 is 32.2. The molecule has 2 aliphatic rings. The summed E-state index contributed by atoms with van der Waals surface area (Å²) in [5, 5.41) is 0. The van der Waals surface area contributed by atoms with Crippen molar-refractivity contribution in [1.29, 1.82) is 0 Å². The Balaban J connectivity index is 1.48. The van der Waals surface area contributed by atoms with E-state index in [-0.39, 0.29) is 24.7 Å². The zero-order valence-corrected chi connectivity index (χ0v) is 14.1. The van der Waals surface area contributed by atoms with E-state index in [0.717, 1.165) is 17.3 Å². The topological polar surface area (TPSA) is 55.3 Å². The van der Waals surface area contributed by atoms with Crippen LogP contribution in [0.2, 0.25) is 0 Å². The summed E-state index contributed by atoms with van der Waals surface area (Å²) in [5.41, 5.74) is 0. The highest BCUT2D eigenvalue weighted by Crippen LogP contribution is 2.43. The minimum Gasteiger partial charge on any atom is -0.463 e. The lowest BCUT2D eigenvalue weighted by Crippen LogP contribution is -2.50. The number of hydrogen-bond acceptors (Lipinski definition) is 4. The number of carbonyl (C=O) groups excluding carboxylic acids is 1. The number of aromatic nitrogens is 2. The smallest absolute Gasteiger partial charge is 0.316 e. The van der Waals surface area contributed by atoms with Crippen molar-refractivity contribution in [3.05, 3.63) is 16.9 Å². The molecule has 0 spiro atoms. The van der Waals surface area contributed by atoms with Gasteiger partial charge in [-0.25, -0.2) is 18.7 Å². The molecule has 1 unspecified atom stereocenters. The second-order valence-corrected chi connectivity index (χ2v) is 7.16. The van der Waals surface area contributed by atoms with Crippen molar-refractivity contribution >= 4 is 21.8 Å². The molecule has 23 heavy (non-hydrogen) atoms. The standard InChI is InChI=1S/C15H18BrF2N3O2/c16-12-6-19-14(20-7-12)23-9-10-2-1-3-21(8-10)13(22)11-4-15(17,18)5-11/h6-7,10-11H,1-5,8-9H2. The van der Waals surface area contributed by atoms with Crippen LogP contribution >= 0.6 is 15.9 Å². The van der Waals surface area contributed by atoms with Crippen LogP contribution in [0.5, 0.6) is 6.01 Å². The Morgan fingerprint density at radius 1 is 1.39 bits per heavy atom. The first kappa shape index (κ1) is 16.5. The molecule has 2 fully saturated rings. The van der Waals surface area contributed by atoms with Crippen LogP contribution in [-0.2, 0) is 4.79 Å². The highest BCUT2D eigenvalue weighted by atomic mass is 79.9. The average molecular weight is 390 g/mol. The second kappa shape index (κ2) is 6.67. The van der Waals surface area contributed by atoms with Crippen LogP contribution in [0, 0.1) is 11.8 Å². The van der Waals surface area contributed by atoms with Crippen LogP contribution in [0.15, 0.2) is 16.9 Å². The molecular weight excluding hydrogens is 372 g/mol. The Bertz CT molecular complexity index is 562. The van der Waals surface area contributed by atoms with Gasteiger partial charge in [0, 0.05) is 50.2 Å². The SMILES string of the molecule is O=C(C1CC(F)(F)C1)N1CCCC(COc2ncc(Br)cn2)C1. The molecule has 1 amide bonds. The average Bonchev–Trinajstić information content (AvgIpc) is 2.51. The van der Waals surface area contributed by atoms with E-state index in [0.29, 0.717) is 25.7 Å². The summed E-state index contributed by atoms with van der Waals surface area (Å²) in [7, 11) is 0. The van der Waals surface area contributed by atoms with E-state index in [9.17, 15) is 13.6 Å². The molecule has 1 aliphatic heterocycles. The molecule has 1 saturated heterocycles. The van der Waals surface area contributed by atoms with Crippen molar-refractivity contribution in [3.63, 3.8) is 0 Å². The number of hydrogen-bond donors (Lipinski definition) is 0. The van der Waals surface area contributed by atoms with Gasteiger partial charge in [-0.1, -0.05) is 0 Å². The number of nitrogens with zero attached hydrogens (tertiary/aromatic N) is 3. The number of likely N-dealkylation sites (tertiary alicyclic amines) is 1. The van der Waals surface area contributed by atoms with E-state index in [4.69, 9.17) is 4.74 Å². The Kier molecular flexibility index (Phi) is 4.79. The fraction of sp³-hybridized carbons (Fsp3) is 0.667. The summed E-state index contributed by atoms with van der Waals surface area (Å²) in [6.45, 7) is 1.62. The molecule has 0 aromatic carbocycles. The van der Waals surface area contributed by atoms with Gasteiger partial charge in [-0.15, -0.1) is 0 Å². The molecule has 0 bridgehead atoms. The molecular formula is C15H18BrF2N3O2. The maximum Gasteiger partial charge on any atom is 0.316 e. The van der Waals surface area contributed by atoms with Crippen LogP contribution in [0.3, 0.4) is 0 Å². The van der Waals surface area contributed by atoms with Crippen LogP contribution in [0.1, 0.15) is 25.7 Å². The van der Waals surface area contributed by atoms with E-state index in [2.05, 4.69) is 25.9 Å². The first-order chi connectivity index (χ1) is 10.9. The minimum atomic E-state index is -2.66. The van der Waals surface area contributed by atoms with Gasteiger partial charge >= 0.3 is 6.01 Å². The minimum absolute atomic E-state index is 0.138. The fourth-order valence-corrected chi connectivity index (χ4v) is 3.27. The van der Waals surface area contributed by atoms with Gasteiger partial charge in [-0.05, 0) is 28.8 Å². The van der Waals surface area contributed by atoms with Crippen LogP contribution in [0.4, 0.5) is 8.78 Å². The highest BCUT2D eigenvalue weighted by Gasteiger charge is 2.50. The highest BCUT2D eigenvalue weighted by molar-refractivity contribution is 9.10. The van der Waals surface area contributed by atoms with Crippen LogP contribution in [0.25, 0.3) is 0 Å². The maximum absolute atomic E-state index is 12.9. The third kappa shape index (κ3) is 4.16. The van der Waals surface area contributed by atoms with Gasteiger partial charge in [0.25, 0.3) is 0 Å². The molecule has 2 heterocycles. The number of amides is 1. The van der Waals surface area contributed by atoms with Crippen LogP contribution < -0.4 is 4.74 Å². The fourth-order valence-electron chi connectivity index (χ4n) is 3.06. The summed E-state index contributed by atoms with van der Waals surface area (Å²) in [4.78, 5) is 22.0. The summed E-state index contributed by atoms with van der Waals surface area (Å²) >= 11 is 3.25. The maximum atomic E-state index is 12.9. The van der Waals surface area contributed by atoms with Crippen molar-refractivity contribution < 1.29 is 18.3 Å². The first-order valence-electron chi connectivity index (χ1n) is 7.70. The van der Waals surface area contributed by atoms with Gasteiger partial charge in [0.2, 0.25) is 11.8 Å². The van der Waals surface area contributed by atoms with Crippen molar-refractivity contribution in [3.8, 4) is 6.01 Å². The largest absolute Gasteiger partial charge is 0.463 e. The lowest BCUT2D eigenvalue weighted by Gasteiger charge is -2.40. The van der Waals surface area contributed by atoms with E-state index in [1.165, 1.54) is 0 Å². The summed E-state index contributed by atoms with van der Waals surface area (Å²) in [6.07, 6.45) is 4.41. The molecule has 1 aromatic heterocycles. The van der Waals surface area contributed by atoms with Crippen LogP contribution in [-0.4, -0.2) is 46.4 Å². The molecule has 1 aromatic rings. The third-order valence-corrected chi connectivity index (χ3v) is 4.72. The Morgan fingerprint density at radius 3 is 2.74 bits per heavy atom. The van der Waals surface area contributed by atoms with Crippen molar-refractivity contribution in [2.75, 3.05) is 19.7 Å². The van der Waals surface area contributed by atoms with Gasteiger partial charge in [0.15, 0.2) is 0 Å². The molecule has 1 atom stereocenters. The number of piperidine rings is 1. The molecule has 126 valence electrons. The lowest BCUT2D eigenvalue weighted by molar-refractivity contribution is -0.161. The third-order valence-electron chi connectivity index (χ3n) is 4.31. The lowest BCUT2D eigenvalue weighted by atomic mass is 9.80. The summed E-state index contributed by atoms with van der Waals surface area (Å²) in [5.74, 6) is -3.13. The number of rotatable bonds is 4. The van der Waals surface area contributed by atoms with Crippen molar-refractivity contribution in [2.24, 2.45) is 11.8 Å². The Labute approximate surface area is 141 Å². The summed E-state index contributed by atoms with van der Waals surface area (Å²) in [6, 6.07) is 0.301. The van der Waals surface area contributed by atoms with Crippen molar-refractivity contribution in [2.45, 2.75) is 31.6 Å². The predicted octanol–water partition coefficient (Wildman–Crippen LogP) is 2.90. The zero-order chi connectivity index (χ0) is 16.4. The molecule has 5 nitrogen and oxygen atoms in total. The van der Waals surface area contributed by atoms with Gasteiger partial charge in [-0.3, -0.25) is 4.79 Å². The zero-order valence-electron chi connectivity index (χ0n) is 12.6. The molecule has 3 rings (SSSR count). The van der Waals surface area contributed by atoms with E-state index in [1.54, 1.807) is 17.3 Å². The van der Waals surface area contributed by atoms with Crippen molar-refractivity contribution in [1.82, 2.24) is 14.9 Å². The molecule has 0 radical (unpaired) electrons. The van der Waals surface area contributed by atoms with Gasteiger partial charge in [0.1, 0.15) is 0 Å². The van der Waals surface area contributed by atoms with Gasteiger partial charge in [0.05, 0.1) is 11.1 Å². The number of alkyl halides is 2. The second-order valence-electron chi connectivity index (χ2n) is 6.25. The molecule has 0 N–H and O–H groups in total. The first-order valence-corrected chi connectivity index (χ1v) is 8.49. The van der Waals surface area contributed by atoms with E-state index in [1.807, 2.05) is 0 Å². The van der Waals surface area contributed by atoms with E-state index >= 15 is 0 Å². The Hall–Kier alpha value is -1.31. The van der Waals surface area contributed by atoms with E-state index < -0.39 is 11.8 Å². The monoisotopic (exact) mass is 389 g/mol.